The Morgan fingerprint density at radius 3 is 2.13 bits per heavy atom. The van der Waals surface area contributed by atoms with E-state index in [9.17, 15) is 9.59 Å². The Kier molecular flexibility index (Phi) is 7.53. The van der Waals surface area contributed by atoms with Crippen molar-refractivity contribution in [1.29, 1.82) is 0 Å². The molecule has 1 aliphatic heterocycles. The molecule has 2 amide bonds. The molecule has 0 radical (unpaired) electrons. The van der Waals surface area contributed by atoms with Crippen LogP contribution in [0, 0.1) is 13.8 Å². The number of nitrogens with zero attached hydrogens (tertiary/aromatic N) is 1. The van der Waals surface area contributed by atoms with E-state index in [1.54, 1.807) is 31.2 Å². The summed E-state index contributed by atoms with van der Waals surface area (Å²) in [6.45, 7) is 7.28. The maximum Gasteiger partial charge on any atom is 0.265 e. The molecule has 6 heteroatoms. The molecule has 5 nitrogen and oxygen atoms in total. The van der Waals surface area contributed by atoms with Gasteiger partial charge in [-0.25, -0.2) is 0 Å². The number of likely N-dealkylation sites (tertiary alicyclic amines) is 1. The molecule has 0 bridgehead atoms. The largest absolute Gasteiger partial charge is 0.480 e. The van der Waals surface area contributed by atoms with E-state index in [0.29, 0.717) is 11.3 Å². The Hall–Kier alpha value is -2.34. The van der Waals surface area contributed by atoms with Crippen LogP contribution in [-0.4, -0.2) is 35.9 Å². The van der Waals surface area contributed by atoms with Crippen LogP contribution < -0.4 is 10.1 Å². The number of aryl methyl sites for hydroxylation is 2. The normalized spacial score (nSPS) is 15.3. The van der Waals surface area contributed by atoms with Crippen LogP contribution >= 0.6 is 15.9 Å². The number of hydrogen-bond donors (Lipinski definition) is 1. The van der Waals surface area contributed by atoms with Crippen molar-refractivity contribution in [2.24, 2.45) is 0 Å². The zero-order valence-electron chi connectivity index (χ0n) is 17.8. The molecule has 0 saturated carbocycles. The molecule has 160 valence electrons. The number of ether oxygens (including phenoxy) is 1. The Morgan fingerprint density at radius 2 is 1.57 bits per heavy atom. The van der Waals surface area contributed by atoms with E-state index in [1.807, 2.05) is 30.9 Å². The molecular weight excluding hydrogens is 444 g/mol. The number of hydrogen-bond acceptors (Lipinski definition) is 3. The molecule has 1 heterocycles. The lowest BCUT2D eigenvalue weighted by molar-refractivity contribution is -0.122. The highest BCUT2D eigenvalue weighted by Crippen LogP contribution is 2.28. The van der Waals surface area contributed by atoms with E-state index in [0.717, 1.165) is 47.3 Å². The van der Waals surface area contributed by atoms with Gasteiger partial charge in [-0.2, -0.15) is 0 Å². The Balaban J connectivity index is 1.60. The van der Waals surface area contributed by atoms with Gasteiger partial charge in [0.1, 0.15) is 5.75 Å². The highest BCUT2D eigenvalue weighted by Gasteiger charge is 2.19. The molecular formula is C24H29BrN2O3. The Morgan fingerprint density at radius 1 is 1.00 bits per heavy atom. The zero-order valence-corrected chi connectivity index (χ0v) is 19.4. The van der Waals surface area contributed by atoms with Crippen LogP contribution in [0.4, 0.5) is 5.69 Å². The van der Waals surface area contributed by atoms with Crippen LogP contribution in [0.25, 0.3) is 0 Å². The second-order valence-corrected chi connectivity index (χ2v) is 8.82. The maximum absolute atomic E-state index is 12.7. The molecule has 1 fully saturated rings. The van der Waals surface area contributed by atoms with Crippen molar-refractivity contribution in [2.45, 2.75) is 52.6 Å². The van der Waals surface area contributed by atoms with Crippen molar-refractivity contribution in [3.05, 3.63) is 57.6 Å². The minimum absolute atomic E-state index is 0.0627. The van der Waals surface area contributed by atoms with E-state index >= 15 is 0 Å². The molecule has 0 aromatic heterocycles. The van der Waals surface area contributed by atoms with Gasteiger partial charge in [0.15, 0.2) is 6.10 Å². The number of carbonyl (C=O) groups is 2. The van der Waals surface area contributed by atoms with E-state index in [1.165, 1.54) is 12.8 Å². The van der Waals surface area contributed by atoms with Crippen LogP contribution in [0.15, 0.2) is 40.9 Å². The lowest BCUT2D eigenvalue weighted by Crippen LogP contribution is -2.32. The molecule has 30 heavy (non-hydrogen) atoms. The molecule has 1 atom stereocenters. The molecule has 1 aliphatic rings. The average molecular weight is 473 g/mol. The van der Waals surface area contributed by atoms with Gasteiger partial charge in [-0.15, -0.1) is 0 Å². The average Bonchev–Trinajstić information content (AvgIpc) is 3.00. The number of amides is 2. The van der Waals surface area contributed by atoms with Crippen molar-refractivity contribution in [3.63, 3.8) is 0 Å². The number of rotatable bonds is 5. The summed E-state index contributed by atoms with van der Waals surface area (Å²) in [6.07, 6.45) is 3.86. The minimum Gasteiger partial charge on any atom is -0.480 e. The van der Waals surface area contributed by atoms with Gasteiger partial charge in [0.25, 0.3) is 11.8 Å². The standard InChI is InChI=1S/C24H29BrN2O3/c1-16-14-20(25)15-17(2)22(16)30-18(3)23(28)26-21-10-8-19(9-11-21)24(29)27-12-6-4-5-7-13-27/h8-11,14-15,18H,4-7,12-13H2,1-3H3,(H,26,28). The van der Waals surface area contributed by atoms with Crippen molar-refractivity contribution in [3.8, 4) is 5.75 Å². The van der Waals surface area contributed by atoms with Gasteiger partial charge in [-0.1, -0.05) is 28.8 Å². The lowest BCUT2D eigenvalue weighted by Gasteiger charge is -2.20. The van der Waals surface area contributed by atoms with Crippen LogP contribution in [0.2, 0.25) is 0 Å². The first-order valence-corrected chi connectivity index (χ1v) is 11.3. The van der Waals surface area contributed by atoms with Crippen LogP contribution in [0.3, 0.4) is 0 Å². The number of carbonyl (C=O) groups excluding carboxylic acids is 2. The Labute approximate surface area is 186 Å². The molecule has 1 unspecified atom stereocenters. The third-order valence-corrected chi connectivity index (χ3v) is 5.84. The molecule has 2 aromatic rings. The summed E-state index contributed by atoms with van der Waals surface area (Å²) in [7, 11) is 0. The summed E-state index contributed by atoms with van der Waals surface area (Å²) < 4.78 is 6.91. The second kappa shape index (κ2) is 10.1. The third-order valence-electron chi connectivity index (χ3n) is 5.38. The summed E-state index contributed by atoms with van der Waals surface area (Å²) in [5, 5.41) is 2.87. The first-order chi connectivity index (χ1) is 14.3. The van der Waals surface area contributed by atoms with Gasteiger partial charge in [-0.05, 0) is 81.1 Å². The number of halogens is 1. The third kappa shape index (κ3) is 5.63. The van der Waals surface area contributed by atoms with E-state index in [-0.39, 0.29) is 11.8 Å². The predicted molar refractivity (Wildman–Crippen MR) is 123 cm³/mol. The SMILES string of the molecule is Cc1cc(Br)cc(C)c1OC(C)C(=O)Nc1ccc(C(=O)N2CCCCCC2)cc1. The summed E-state index contributed by atoms with van der Waals surface area (Å²) in [5.41, 5.74) is 3.24. The quantitative estimate of drug-likeness (QED) is 0.625. The summed E-state index contributed by atoms with van der Waals surface area (Å²) in [4.78, 5) is 27.2. The molecule has 0 aliphatic carbocycles. The van der Waals surface area contributed by atoms with Crippen LogP contribution in [-0.2, 0) is 4.79 Å². The van der Waals surface area contributed by atoms with Gasteiger partial charge in [-0.3, -0.25) is 9.59 Å². The fourth-order valence-corrected chi connectivity index (χ4v) is 4.40. The summed E-state index contributed by atoms with van der Waals surface area (Å²) >= 11 is 3.47. The fraction of sp³-hybridized carbons (Fsp3) is 0.417. The lowest BCUT2D eigenvalue weighted by atomic mass is 10.1. The molecule has 2 aromatic carbocycles. The first kappa shape index (κ1) is 22.3. The topological polar surface area (TPSA) is 58.6 Å². The van der Waals surface area contributed by atoms with Gasteiger partial charge in [0.2, 0.25) is 0 Å². The van der Waals surface area contributed by atoms with E-state index in [4.69, 9.17) is 4.74 Å². The highest BCUT2D eigenvalue weighted by atomic mass is 79.9. The predicted octanol–water partition coefficient (Wildman–Crippen LogP) is 5.49. The van der Waals surface area contributed by atoms with Gasteiger partial charge >= 0.3 is 0 Å². The number of nitrogens with one attached hydrogen (secondary N) is 1. The zero-order chi connectivity index (χ0) is 21.7. The second-order valence-electron chi connectivity index (χ2n) is 7.90. The Bertz CT molecular complexity index is 880. The van der Waals surface area contributed by atoms with Gasteiger partial charge < -0.3 is 15.0 Å². The number of benzene rings is 2. The first-order valence-electron chi connectivity index (χ1n) is 10.5. The smallest absolute Gasteiger partial charge is 0.265 e. The van der Waals surface area contributed by atoms with Crippen molar-refractivity contribution < 1.29 is 14.3 Å². The van der Waals surface area contributed by atoms with Crippen molar-refractivity contribution in [2.75, 3.05) is 18.4 Å². The fourth-order valence-electron chi connectivity index (χ4n) is 3.71. The summed E-state index contributed by atoms with van der Waals surface area (Å²) in [5.74, 6) is 0.551. The van der Waals surface area contributed by atoms with Gasteiger partial charge in [0, 0.05) is 28.8 Å². The van der Waals surface area contributed by atoms with Crippen molar-refractivity contribution >= 4 is 33.4 Å². The minimum atomic E-state index is -0.651. The monoisotopic (exact) mass is 472 g/mol. The summed E-state index contributed by atoms with van der Waals surface area (Å²) in [6, 6.07) is 11.0. The maximum atomic E-state index is 12.7. The molecule has 3 rings (SSSR count). The number of anilines is 1. The van der Waals surface area contributed by atoms with Crippen molar-refractivity contribution in [1.82, 2.24) is 4.90 Å². The van der Waals surface area contributed by atoms with Crippen LogP contribution in [0.1, 0.15) is 54.1 Å². The molecule has 1 N–H and O–H groups in total. The van der Waals surface area contributed by atoms with Gasteiger partial charge in [0.05, 0.1) is 0 Å². The highest BCUT2D eigenvalue weighted by molar-refractivity contribution is 9.10. The van der Waals surface area contributed by atoms with E-state index < -0.39 is 6.10 Å². The molecule has 0 spiro atoms. The van der Waals surface area contributed by atoms with Crippen LogP contribution in [0.5, 0.6) is 5.75 Å². The van der Waals surface area contributed by atoms with E-state index in [2.05, 4.69) is 21.2 Å². The molecule has 1 saturated heterocycles.